The molecule has 0 aromatic heterocycles. The van der Waals surface area contributed by atoms with Crippen LogP contribution in [-0.2, 0) is 0 Å². The van der Waals surface area contributed by atoms with Gasteiger partial charge in [-0.1, -0.05) is 0 Å². The molecule has 0 saturated heterocycles. The summed E-state index contributed by atoms with van der Waals surface area (Å²) >= 11 is 0. The molecule has 1 rings (SSSR count). The maximum atomic E-state index is 10.1. The molecular formula is C7H7BO3. The van der Waals surface area contributed by atoms with Gasteiger partial charge in [0, 0.05) is 0 Å². The Balaban J connectivity index is 0. The summed E-state index contributed by atoms with van der Waals surface area (Å²) in [6.45, 7) is 0. The standard InChI is InChI=1S/C7H5BO.2H2O/c8-7-4-2-1-3-6(7)5-9;;/h1-5H;2*1H2/q+2;;/p-2. The van der Waals surface area contributed by atoms with Crippen LogP contribution in [0.25, 0.3) is 0 Å². The summed E-state index contributed by atoms with van der Waals surface area (Å²) in [7, 11) is 5.40. The molecule has 11 heavy (non-hydrogen) atoms. The maximum Gasteiger partial charge on any atom is -0.870 e. The van der Waals surface area contributed by atoms with Crippen LogP contribution in [0.3, 0.4) is 0 Å². The van der Waals surface area contributed by atoms with Crippen LogP contribution in [0.5, 0.6) is 0 Å². The van der Waals surface area contributed by atoms with Crippen molar-refractivity contribution in [2.24, 2.45) is 0 Å². The molecule has 0 aliphatic heterocycles. The number of carbonyl (C=O) groups is 1. The maximum absolute atomic E-state index is 10.1. The predicted molar refractivity (Wildman–Crippen MR) is 41.1 cm³/mol. The van der Waals surface area contributed by atoms with E-state index >= 15 is 0 Å². The van der Waals surface area contributed by atoms with Crippen LogP contribution < -0.4 is 5.46 Å². The van der Waals surface area contributed by atoms with Gasteiger partial charge in [0.2, 0.25) is 0 Å². The van der Waals surface area contributed by atoms with Gasteiger partial charge >= 0.3 is 54.2 Å². The molecule has 0 fully saturated rings. The Morgan fingerprint density at radius 2 is 1.73 bits per heavy atom. The van der Waals surface area contributed by atoms with Crippen molar-refractivity contribution in [3.05, 3.63) is 29.8 Å². The molecule has 1 aromatic carbocycles. The first-order chi connectivity index (χ1) is 4.34. The third kappa shape index (κ3) is 2.97. The van der Waals surface area contributed by atoms with Crippen molar-refractivity contribution in [3.8, 4) is 0 Å². The van der Waals surface area contributed by atoms with Crippen LogP contribution in [0.15, 0.2) is 24.3 Å². The van der Waals surface area contributed by atoms with E-state index in [0.717, 1.165) is 6.29 Å². The molecule has 0 spiro atoms. The summed E-state index contributed by atoms with van der Waals surface area (Å²) in [5.74, 6) is 0. The first-order valence-electron chi connectivity index (χ1n) is 2.64. The largest absolute Gasteiger partial charge is 0.870 e. The van der Waals surface area contributed by atoms with Crippen molar-refractivity contribution in [2.45, 2.75) is 0 Å². The Morgan fingerprint density at radius 3 is 2.09 bits per heavy atom. The van der Waals surface area contributed by atoms with Crippen LogP contribution in [0.4, 0.5) is 0 Å². The fraction of sp³-hybridized carbons (Fsp3) is 0. The second-order valence-corrected chi connectivity index (χ2v) is 1.75. The number of carbonyl (C=O) groups excluding carboxylic acids is 1. The summed E-state index contributed by atoms with van der Waals surface area (Å²) in [6.07, 6.45) is 0.745. The van der Waals surface area contributed by atoms with Crippen LogP contribution in [0, 0.1) is 0 Å². The van der Waals surface area contributed by atoms with Gasteiger partial charge in [0.15, 0.2) is 0 Å². The predicted octanol–water partition coefficient (Wildman–Crippen LogP) is -0.0607. The second kappa shape index (κ2) is 5.64. The van der Waals surface area contributed by atoms with E-state index in [1.165, 1.54) is 0 Å². The average Bonchev–Trinajstić information content (AvgIpc) is 1.89. The van der Waals surface area contributed by atoms with Crippen LogP contribution in [-0.4, -0.2) is 25.1 Å². The van der Waals surface area contributed by atoms with E-state index < -0.39 is 0 Å². The van der Waals surface area contributed by atoms with Crippen molar-refractivity contribution < 1.29 is 15.7 Å². The van der Waals surface area contributed by atoms with E-state index in [4.69, 9.17) is 7.85 Å². The minimum absolute atomic E-state index is 0. The zero-order valence-corrected chi connectivity index (χ0v) is 5.77. The number of aldehydes is 1. The molecule has 0 amide bonds. The Hall–Kier alpha value is -1.13. The van der Waals surface area contributed by atoms with Gasteiger partial charge in [-0.2, -0.15) is 0 Å². The van der Waals surface area contributed by atoms with Gasteiger partial charge in [0.05, 0.1) is 0 Å². The number of hydrogen-bond donors (Lipinski definition) is 0. The van der Waals surface area contributed by atoms with Gasteiger partial charge in [-0.25, -0.2) is 0 Å². The molecule has 3 nitrogen and oxygen atoms in total. The number of benzene rings is 1. The molecule has 1 aromatic rings. The van der Waals surface area contributed by atoms with Gasteiger partial charge in [-0.05, 0) is 0 Å². The third-order valence-corrected chi connectivity index (χ3v) is 1.12. The summed E-state index contributed by atoms with van der Waals surface area (Å²) in [5.41, 5.74) is 1.09. The van der Waals surface area contributed by atoms with Gasteiger partial charge in [-0.15, -0.1) is 0 Å². The van der Waals surface area contributed by atoms with E-state index in [1.54, 1.807) is 24.3 Å². The van der Waals surface area contributed by atoms with Crippen molar-refractivity contribution in [3.63, 3.8) is 0 Å². The van der Waals surface area contributed by atoms with Crippen LogP contribution in [0.2, 0.25) is 0 Å². The summed E-state index contributed by atoms with van der Waals surface area (Å²) in [5, 5.41) is 0. The molecule has 0 aliphatic rings. The van der Waals surface area contributed by atoms with E-state index in [9.17, 15) is 4.79 Å². The smallest absolute Gasteiger partial charge is 0.870 e. The molecule has 0 radical (unpaired) electrons. The molecule has 56 valence electrons. The summed E-state index contributed by atoms with van der Waals surface area (Å²) in [6, 6.07) is 6.95. The fourth-order valence-electron chi connectivity index (χ4n) is 0.618. The molecular weight excluding hydrogens is 143 g/mol. The van der Waals surface area contributed by atoms with Crippen molar-refractivity contribution >= 4 is 19.6 Å². The average molecular weight is 150 g/mol. The third-order valence-electron chi connectivity index (χ3n) is 1.12. The van der Waals surface area contributed by atoms with E-state index in [1.807, 2.05) is 0 Å². The molecule has 0 heterocycles. The van der Waals surface area contributed by atoms with E-state index in [-0.39, 0.29) is 11.0 Å². The molecule has 4 heteroatoms. The minimum atomic E-state index is 0. The molecule has 0 aliphatic carbocycles. The number of rotatable bonds is 1. The Bertz CT molecular complexity index is 225. The summed E-state index contributed by atoms with van der Waals surface area (Å²) in [4.78, 5) is 10.1. The van der Waals surface area contributed by atoms with Gasteiger partial charge < -0.3 is 11.0 Å². The van der Waals surface area contributed by atoms with E-state index in [0.29, 0.717) is 11.0 Å². The topological polar surface area (TPSA) is 77.1 Å². The van der Waals surface area contributed by atoms with E-state index in [2.05, 4.69) is 0 Å². The molecule has 0 atom stereocenters. The fourth-order valence-corrected chi connectivity index (χ4v) is 0.618. The molecule has 0 saturated carbocycles. The minimum Gasteiger partial charge on any atom is -0.870 e. The normalized spacial score (nSPS) is 7.45. The zero-order valence-electron chi connectivity index (χ0n) is 5.77. The number of hydrogen-bond acceptors (Lipinski definition) is 3. The quantitative estimate of drug-likeness (QED) is 0.415. The van der Waals surface area contributed by atoms with Gasteiger partial charge in [-0.3, -0.25) is 0 Å². The van der Waals surface area contributed by atoms with Gasteiger partial charge in [0.25, 0.3) is 0 Å². The van der Waals surface area contributed by atoms with Crippen LogP contribution >= 0.6 is 0 Å². The summed E-state index contributed by atoms with van der Waals surface area (Å²) < 4.78 is 0. The first-order valence-corrected chi connectivity index (χ1v) is 2.64. The second-order valence-electron chi connectivity index (χ2n) is 1.75. The first kappa shape index (κ1) is 12.5. The van der Waals surface area contributed by atoms with Crippen LogP contribution in [0.1, 0.15) is 10.4 Å². The molecule has 0 unspecified atom stereocenters. The zero-order chi connectivity index (χ0) is 6.69. The molecule has 0 bridgehead atoms. The van der Waals surface area contributed by atoms with Crippen molar-refractivity contribution in [1.82, 2.24) is 0 Å². The SMILES string of the molecule is [B+2]c1ccccc1C=O.[OH-].[OH-]. The Kier molecular flexibility index (Phi) is 6.44. The van der Waals surface area contributed by atoms with Crippen molar-refractivity contribution in [2.75, 3.05) is 0 Å². The Labute approximate surface area is 66.1 Å². The van der Waals surface area contributed by atoms with Gasteiger partial charge in [0.1, 0.15) is 0 Å². The monoisotopic (exact) mass is 150 g/mol. The van der Waals surface area contributed by atoms with Crippen molar-refractivity contribution in [1.29, 1.82) is 0 Å². The Morgan fingerprint density at radius 1 is 1.18 bits per heavy atom. The molecule has 2 N–H and O–H groups in total.